The van der Waals surface area contributed by atoms with E-state index in [2.05, 4.69) is 43.0 Å². The minimum absolute atomic E-state index is 0.284. The minimum atomic E-state index is 0.284. The van der Waals surface area contributed by atoms with E-state index < -0.39 is 0 Å². The summed E-state index contributed by atoms with van der Waals surface area (Å²) in [6.45, 7) is 5.14. The normalized spacial score (nSPS) is 10.2. The minimum Gasteiger partial charge on any atom is -0.468 e. The number of ether oxygens (including phenoxy) is 2. The Morgan fingerprint density at radius 2 is 1.35 bits per heavy atom. The van der Waals surface area contributed by atoms with Crippen molar-refractivity contribution in [3.63, 3.8) is 0 Å². The standard InChI is InChI=1S/C24H30O2/c1-3-5-6-7-8-9-21-10-12-22(13-11-21)14-15-23-16-18-24(19-17-23)26-20-25-4-2/h10-13,16-19H,3-9,20H2,1-2H3. The van der Waals surface area contributed by atoms with Crippen LogP contribution in [-0.2, 0) is 11.2 Å². The molecule has 0 bridgehead atoms. The molecular weight excluding hydrogens is 320 g/mol. The topological polar surface area (TPSA) is 18.5 Å². The average Bonchev–Trinajstić information content (AvgIpc) is 2.68. The van der Waals surface area contributed by atoms with Crippen LogP contribution in [0, 0.1) is 11.8 Å². The fraction of sp³-hybridized carbons (Fsp3) is 0.417. The molecule has 26 heavy (non-hydrogen) atoms. The van der Waals surface area contributed by atoms with E-state index in [1.807, 2.05) is 31.2 Å². The number of hydrogen-bond donors (Lipinski definition) is 0. The van der Waals surface area contributed by atoms with Crippen molar-refractivity contribution in [3.05, 3.63) is 65.2 Å². The average molecular weight is 351 g/mol. The van der Waals surface area contributed by atoms with E-state index >= 15 is 0 Å². The Hall–Kier alpha value is -2.24. The molecule has 138 valence electrons. The Morgan fingerprint density at radius 3 is 1.96 bits per heavy atom. The lowest BCUT2D eigenvalue weighted by Gasteiger charge is -2.05. The summed E-state index contributed by atoms with van der Waals surface area (Å²) in [5, 5.41) is 0. The lowest BCUT2D eigenvalue weighted by atomic mass is 10.0. The Kier molecular flexibility index (Phi) is 9.40. The molecule has 0 saturated carbocycles. The van der Waals surface area contributed by atoms with E-state index in [4.69, 9.17) is 9.47 Å². The van der Waals surface area contributed by atoms with Crippen LogP contribution in [0.25, 0.3) is 0 Å². The molecule has 0 aromatic heterocycles. The van der Waals surface area contributed by atoms with E-state index in [0.717, 1.165) is 16.9 Å². The zero-order chi connectivity index (χ0) is 18.5. The van der Waals surface area contributed by atoms with Crippen LogP contribution in [0.5, 0.6) is 5.75 Å². The lowest BCUT2D eigenvalue weighted by molar-refractivity contribution is 0.0224. The number of rotatable bonds is 10. The molecule has 0 atom stereocenters. The van der Waals surface area contributed by atoms with Gasteiger partial charge in [0.05, 0.1) is 0 Å². The summed E-state index contributed by atoms with van der Waals surface area (Å²) in [5.74, 6) is 7.23. The maximum Gasteiger partial charge on any atom is 0.189 e. The number of hydrogen-bond acceptors (Lipinski definition) is 2. The first-order chi connectivity index (χ1) is 12.8. The van der Waals surface area contributed by atoms with Crippen LogP contribution in [-0.4, -0.2) is 13.4 Å². The van der Waals surface area contributed by atoms with Gasteiger partial charge in [0, 0.05) is 17.7 Å². The molecule has 2 rings (SSSR count). The molecule has 0 N–H and O–H groups in total. The molecule has 0 amide bonds. The third-order valence-electron chi connectivity index (χ3n) is 4.24. The quantitative estimate of drug-likeness (QED) is 0.298. The number of benzene rings is 2. The largest absolute Gasteiger partial charge is 0.468 e. The second-order valence-corrected chi connectivity index (χ2v) is 6.39. The SMILES string of the molecule is CCCCCCCc1ccc(C#Cc2ccc(OCOCC)cc2)cc1. The molecule has 0 spiro atoms. The predicted molar refractivity (Wildman–Crippen MR) is 108 cm³/mol. The van der Waals surface area contributed by atoms with Crippen molar-refractivity contribution in [1.82, 2.24) is 0 Å². The molecule has 2 aromatic carbocycles. The van der Waals surface area contributed by atoms with Gasteiger partial charge in [-0.05, 0) is 61.7 Å². The molecule has 2 nitrogen and oxygen atoms in total. The summed E-state index contributed by atoms with van der Waals surface area (Å²) in [7, 11) is 0. The Morgan fingerprint density at radius 1 is 0.731 bits per heavy atom. The highest BCUT2D eigenvalue weighted by atomic mass is 16.7. The predicted octanol–water partition coefficient (Wildman–Crippen LogP) is 5.97. The maximum atomic E-state index is 5.46. The third kappa shape index (κ3) is 7.76. The van der Waals surface area contributed by atoms with Crippen molar-refractivity contribution in [2.75, 3.05) is 13.4 Å². The van der Waals surface area contributed by atoms with Crippen LogP contribution in [0.2, 0.25) is 0 Å². The molecule has 0 aliphatic heterocycles. The zero-order valence-electron chi connectivity index (χ0n) is 16.1. The highest BCUT2D eigenvalue weighted by Crippen LogP contribution is 2.12. The summed E-state index contributed by atoms with van der Waals surface area (Å²) < 4.78 is 10.6. The van der Waals surface area contributed by atoms with Gasteiger partial charge < -0.3 is 9.47 Å². The lowest BCUT2D eigenvalue weighted by Crippen LogP contribution is -2.01. The van der Waals surface area contributed by atoms with E-state index in [-0.39, 0.29) is 6.79 Å². The zero-order valence-corrected chi connectivity index (χ0v) is 16.1. The fourth-order valence-electron chi connectivity index (χ4n) is 2.66. The first-order valence-electron chi connectivity index (χ1n) is 9.73. The maximum absolute atomic E-state index is 5.46. The molecule has 2 heteroatoms. The van der Waals surface area contributed by atoms with Crippen LogP contribution >= 0.6 is 0 Å². The molecule has 0 aliphatic rings. The molecule has 0 unspecified atom stereocenters. The van der Waals surface area contributed by atoms with Crippen LogP contribution < -0.4 is 4.74 Å². The second kappa shape index (κ2) is 12.2. The van der Waals surface area contributed by atoms with Gasteiger partial charge in [-0.15, -0.1) is 0 Å². The molecule has 0 saturated heterocycles. The van der Waals surface area contributed by atoms with Crippen LogP contribution in [0.1, 0.15) is 62.6 Å². The van der Waals surface area contributed by atoms with Crippen molar-refractivity contribution in [2.24, 2.45) is 0 Å². The first-order valence-corrected chi connectivity index (χ1v) is 9.73. The Bertz CT molecular complexity index is 675. The van der Waals surface area contributed by atoms with Crippen molar-refractivity contribution >= 4 is 0 Å². The van der Waals surface area contributed by atoms with Crippen molar-refractivity contribution in [1.29, 1.82) is 0 Å². The monoisotopic (exact) mass is 350 g/mol. The number of unbranched alkanes of at least 4 members (excludes halogenated alkanes) is 4. The van der Waals surface area contributed by atoms with Crippen LogP contribution in [0.4, 0.5) is 0 Å². The van der Waals surface area contributed by atoms with Crippen molar-refractivity contribution < 1.29 is 9.47 Å². The second-order valence-electron chi connectivity index (χ2n) is 6.39. The van der Waals surface area contributed by atoms with Crippen molar-refractivity contribution in [3.8, 4) is 17.6 Å². The highest BCUT2D eigenvalue weighted by Gasteiger charge is 1.96. The van der Waals surface area contributed by atoms with Gasteiger partial charge in [0.25, 0.3) is 0 Å². The van der Waals surface area contributed by atoms with E-state index in [1.165, 1.54) is 44.1 Å². The smallest absolute Gasteiger partial charge is 0.189 e. The summed E-state index contributed by atoms with van der Waals surface area (Å²) in [4.78, 5) is 0. The van der Waals surface area contributed by atoms with Gasteiger partial charge in [0.2, 0.25) is 0 Å². The third-order valence-corrected chi connectivity index (χ3v) is 4.24. The molecular formula is C24H30O2. The van der Waals surface area contributed by atoms with Gasteiger partial charge in [-0.1, -0.05) is 56.6 Å². The Balaban J connectivity index is 1.81. The Labute approximate surface area is 158 Å². The molecule has 0 aliphatic carbocycles. The van der Waals surface area contributed by atoms with E-state index in [1.54, 1.807) is 0 Å². The molecule has 0 radical (unpaired) electrons. The van der Waals surface area contributed by atoms with Gasteiger partial charge >= 0.3 is 0 Å². The number of aryl methyl sites for hydroxylation is 1. The van der Waals surface area contributed by atoms with E-state index in [9.17, 15) is 0 Å². The van der Waals surface area contributed by atoms with Crippen LogP contribution in [0.3, 0.4) is 0 Å². The molecule has 2 aromatic rings. The van der Waals surface area contributed by atoms with E-state index in [0.29, 0.717) is 6.61 Å². The van der Waals surface area contributed by atoms with Gasteiger partial charge in [-0.2, -0.15) is 0 Å². The summed E-state index contributed by atoms with van der Waals surface area (Å²) in [5.41, 5.74) is 3.44. The summed E-state index contributed by atoms with van der Waals surface area (Å²) in [6, 6.07) is 16.4. The van der Waals surface area contributed by atoms with Crippen LogP contribution in [0.15, 0.2) is 48.5 Å². The summed E-state index contributed by atoms with van der Waals surface area (Å²) in [6.07, 6.45) is 7.79. The summed E-state index contributed by atoms with van der Waals surface area (Å²) >= 11 is 0. The van der Waals surface area contributed by atoms with Gasteiger partial charge in [0.15, 0.2) is 6.79 Å². The first kappa shape index (κ1) is 20.1. The molecule has 0 fully saturated rings. The highest BCUT2D eigenvalue weighted by molar-refractivity contribution is 5.44. The van der Waals surface area contributed by atoms with Gasteiger partial charge in [-0.25, -0.2) is 0 Å². The van der Waals surface area contributed by atoms with Gasteiger partial charge in [0.1, 0.15) is 5.75 Å². The van der Waals surface area contributed by atoms with Gasteiger partial charge in [-0.3, -0.25) is 0 Å². The fourth-order valence-corrected chi connectivity index (χ4v) is 2.66. The van der Waals surface area contributed by atoms with Crippen molar-refractivity contribution in [2.45, 2.75) is 52.4 Å². The molecule has 0 heterocycles.